The highest BCUT2D eigenvalue weighted by molar-refractivity contribution is 5.45. The van der Waals surface area contributed by atoms with Gasteiger partial charge in [0.1, 0.15) is 23.3 Å². The minimum absolute atomic E-state index is 0.569. The van der Waals surface area contributed by atoms with Crippen LogP contribution < -0.4 is 14.2 Å². The summed E-state index contributed by atoms with van der Waals surface area (Å²) in [7, 11) is 1.69. The van der Waals surface area contributed by atoms with Gasteiger partial charge in [-0.05, 0) is 43.5 Å². The van der Waals surface area contributed by atoms with Gasteiger partial charge in [-0.3, -0.25) is 0 Å². The number of para-hydroxylation sites is 1. The Kier molecular flexibility index (Phi) is 7.65. The molecule has 0 amide bonds. The molecule has 2 rings (SSSR count). The Labute approximate surface area is 150 Å². The molecule has 2 aromatic carbocycles. The highest BCUT2D eigenvalue weighted by Gasteiger charge is 2.09. The van der Waals surface area contributed by atoms with E-state index in [4.69, 9.17) is 19.5 Å². The summed E-state index contributed by atoms with van der Waals surface area (Å²) < 4.78 is 17.1. The van der Waals surface area contributed by atoms with Crippen molar-refractivity contribution in [3.63, 3.8) is 0 Å². The van der Waals surface area contributed by atoms with Gasteiger partial charge in [0.25, 0.3) is 0 Å². The lowest BCUT2D eigenvalue weighted by atomic mass is 10.1. The van der Waals surface area contributed by atoms with Gasteiger partial charge in [0.2, 0.25) is 0 Å². The smallest absolute Gasteiger partial charge is 0.137 e. The van der Waals surface area contributed by atoms with Crippen LogP contribution in [0.3, 0.4) is 0 Å². The number of nitriles is 1. The highest BCUT2D eigenvalue weighted by Crippen LogP contribution is 2.29. The zero-order chi connectivity index (χ0) is 17.9. The summed E-state index contributed by atoms with van der Waals surface area (Å²) in [5.41, 5.74) is 1.70. The number of hydrogen-bond donors (Lipinski definition) is 0. The minimum Gasteiger partial charge on any atom is -0.496 e. The fraction of sp³-hybridized carbons (Fsp3) is 0.381. The third-order valence-corrected chi connectivity index (χ3v) is 3.87. The molecule has 0 fully saturated rings. The number of unbranched alkanes of at least 4 members (excludes halogenated alkanes) is 1. The summed E-state index contributed by atoms with van der Waals surface area (Å²) >= 11 is 0. The molecule has 0 unspecified atom stereocenters. The maximum Gasteiger partial charge on any atom is 0.137 e. The highest BCUT2D eigenvalue weighted by atomic mass is 16.5. The number of benzene rings is 2. The van der Waals surface area contributed by atoms with Gasteiger partial charge in [0, 0.05) is 5.56 Å². The molecule has 25 heavy (non-hydrogen) atoms. The maximum atomic E-state index is 9.04. The molecule has 2 aromatic rings. The lowest BCUT2D eigenvalue weighted by Crippen LogP contribution is -2.05. The number of nitrogens with zero attached hydrogens (tertiary/aromatic N) is 1. The lowest BCUT2D eigenvalue weighted by Gasteiger charge is -2.14. The van der Waals surface area contributed by atoms with Gasteiger partial charge >= 0.3 is 0 Å². The van der Waals surface area contributed by atoms with E-state index in [1.165, 1.54) is 0 Å². The topological polar surface area (TPSA) is 51.5 Å². The molecule has 0 saturated heterocycles. The van der Waals surface area contributed by atoms with Crippen LogP contribution in [0.25, 0.3) is 0 Å². The number of ether oxygens (including phenoxy) is 3. The zero-order valence-corrected chi connectivity index (χ0v) is 15.0. The molecular formula is C21H25NO3. The van der Waals surface area contributed by atoms with E-state index in [1.807, 2.05) is 36.4 Å². The van der Waals surface area contributed by atoms with Crippen molar-refractivity contribution in [2.75, 3.05) is 20.3 Å². The van der Waals surface area contributed by atoms with E-state index in [1.54, 1.807) is 13.2 Å². The Bertz CT molecular complexity index is 707. The largest absolute Gasteiger partial charge is 0.496 e. The van der Waals surface area contributed by atoms with Crippen LogP contribution in [-0.4, -0.2) is 20.3 Å². The molecule has 0 aliphatic carbocycles. The molecule has 0 aromatic heterocycles. The van der Waals surface area contributed by atoms with Crippen molar-refractivity contribution in [3.05, 3.63) is 53.6 Å². The second-order valence-corrected chi connectivity index (χ2v) is 5.70. The molecule has 0 spiro atoms. The van der Waals surface area contributed by atoms with Crippen molar-refractivity contribution < 1.29 is 14.2 Å². The van der Waals surface area contributed by atoms with E-state index in [2.05, 4.69) is 13.0 Å². The molecular weight excluding hydrogens is 314 g/mol. The first kappa shape index (κ1) is 18.7. The van der Waals surface area contributed by atoms with Gasteiger partial charge in [0.05, 0.1) is 25.9 Å². The van der Waals surface area contributed by atoms with Crippen LogP contribution in [-0.2, 0) is 6.42 Å². The van der Waals surface area contributed by atoms with Crippen LogP contribution in [0.5, 0.6) is 17.2 Å². The fourth-order valence-electron chi connectivity index (χ4n) is 2.62. The van der Waals surface area contributed by atoms with Gasteiger partial charge in [-0.2, -0.15) is 5.26 Å². The van der Waals surface area contributed by atoms with Gasteiger partial charge in [0.15, 0.2) is 0 Å². The summed E-state index contributed by atoms with van der Waals surface area (Å²) in [6.45, 7) is 3.35. The maximum absolute atomic E-state index is 9.04. The molecule has 0 bridgehead atoms. The van der Waals surface area contributed by atoms with Crippen molar-refractivity contribution in [2.24, 2.45) is 0 Å². The van der Waals surface area contributed by atoms with Crippen LogP contribution >= 0.6 is 0 Å². The van der Waals surface area contributed by atoms with Crippen molar-refractivity contribution >= 4 is 0 Å². The summed E-state index contributed by atoms with van der Waals surface area (Å²) in [6, 6.07) is 15.3. The number of rotatable bonds is 10. The first-order valence-electron chi connectivity index (χ1n) is 8.70. The summed E-state index contributed by atoms with van der Waals surface area (Å²) in [5.74, 6) is 2.43. The van der Waals surface area contributed by atoms with E-state index in [-0.39, 0.29) is 0 Å². The fourth-order valence-corrected chi connectivity index (χ4v) is 2.62. The van der Waals surface area contributed by atoms with E-state index < -0.39 is 0 Å². The summed E-state index contributed by atoms with van der Waals surface area (Å²) in [6.07, 6.45) is 3.74. The number of methoxy groups -OCH3 is 1. The first-order chi connectivity index (χ1) is 12.3. The van der Waals surface area contributed by atoms with Crippen molar-refractivity contribution in [2.45, 2.75) is 32.6 Å². The van der Waals surface area contributed by atoms with E-state index in [0.29, 0.717) is 24.5 Å². The van der Waals surface area contributed by atoms with Gasteiger partial charge in [-0.1, -0.05) is 31.5 Å². The van der Waals surface area contributed by atoms with Crippen molar-refractivity contribution in [1.82, 2.24) is 0 Å². The molecule has 0 aliphatic rings. The molecule has 4 nitrogen and oxygen atoms in total. The Morgan fingerprint density at radius 2 is 1.52 bits per heavy atom. The minimum atomic E-state index is 0.569. The Morgan fingerprint density at radius 1 is 0.880 bits per heavy atom. The SMILES string of the molecule is CCCc1c(OC)cccc1OCCCCOc1ccccc1C#N. The molecule has 0 atom stereocenters. The average Bonchev–Trinajstić information content (AvgIpc) is 2.66. The Hall–Kier alpha value is -2.67. The molecule has 0 radical (unpaired) electrons. The Morgan fingerprint density at radius 3 is 2.20 bits per heavy atom. The molecule has 4 heteroatoms. The quantitative estimate of drug-likeness (QED) is 0.586. The van der Waals surface area contributed by atoms with Crippen molar-refractivity contribution in [3.8, 4) is 23.3 Å². The van der Waals surface area contributed by atoms with E-state index in [0.717, 1.165) is 42.7 Å². The third-order valence-electron chi connectivity index (χ3n) is 3.87. The average molecular weight is 339 g/mol. The Balaban J connectivity index is 1.77. The van der Waals surface area contributed by atoms with E-state index >= 15 is 0 Å². The van der Waals surface area contributed by atoms with E-state index in [9.17, 15) is 0 Å². The van der Waals surface area contributed by atoms with Gasteiger partial charge < -0.3 is 14.2 Å². The molecule has 0 heterocycles. The van der Waals surface area contributed by atoms with Crippen LogP contribution in [0.1, 0.15) is 37.3 Å². The summed E-state index contributed by atoms with van der Waals surface area (Å²) in [5, 5.41) is 9.04. The lowest BCUT2D eigenvalue weighted by molar-refractivity contribution is 0.263. The van der Waals surface area contributed by atoms with Gasteiger partial charge in [-0.25, -0.2) is 0 Å². The second kappa shape index (κ2) is 10.2. The molecule has 0 aliphatic heterocycles. The molecule has 0 saturated carbocycles. The first-order valence-corrected chi connectivity index (χ1v) is 8.70. The zero-order valence-electron chi connectivity index (χ0n) is 15.0. The van der Waals surface area contributed by atoms with Crippen LogP contribution in [0.4, 0.5) is 0 Å². The normalized spacial score (nSPS) is 10.1. The van der Waals surface area contributed by atoms with Crippen LogP contribution in [0.2, 0.25) is 0 Å². The molecule has 132 valence electrons. The van der Waals surface area contributed by atoms with Crippen LogP contribution in [0, 0.1) is 11.3 Å². The number of hydrogen-bond acceptors (Lipinski definition) is 4. The predicted molar refractivity (Wildman–Crippen MR) is 98.4 cm³/mol. The standard InChI is InChI=1S/C21H25NO3/c1-3-9-18-20(23-2)12-8-13-21(18)25-15-7-6-14-24-19-11-5-4-10-17(19)16-22/h4-5,8,10-13H,3,6-7,9,14-15H2,1-2H3. The van der Waals surface area contributed by atoms with Gasteiger partial charge in [-0.15, -0.1) is 0 Å². The predicted octanol–water partition coefficient (Wildman–Crippen LogP) is 4.76. The third kappa shape index (κ3) is 5.42. The van der Waals surface area contributed by atoms with Crippen molar-refractivity contribution in [1.29, 1.82) is 5.26 Å². The second-order valence-electron chi connectivity index (χ2n) is 5.70. The van der Waals surface area contributed by atoms with Crippen LogP contribution in [0.15, 0.2) is 42.5 Å². The summed E-state index contributed by atoms with van der Waals surface area (Å²) in [4.78, 5) is 0. The monoisotopic (exact) mass is 339 g/mol. The molecule has 0 N–H and O–H groups in total.